The van der Waals surface area contributed by atoms with Crippen LogP contribution < -0.4 is 4.74 Å². The topological polar surface area (TPSA) is 68.0 Å². The van der Waals surface area contributed by atoms with E-state index in [4.69, 9.17) is 44.6 Å². The Morgan fingerprint density at radius 3 is 2.48 bits per heavy atom. The van der Waals surface area contributed by atoms with Gasteiger partial charge in [0.25, 0.3) is 5.69 Å². The molecule has 3 aromatic carbocycles. The quantitative estimate of drug-likeness (QED) is 0.309. The van der Waals surface area contributed by atoms with Gasteiger partial charge in [0, 0.05) is 33.7 Å². The van der Waals surface area contributed by atoms with E-state index in [9.17, 15) is 10.1 Å². The lowest BCUT2D eigenvalue weighted by atomic mass is 9.96. The lowest BCUT2D eigenvalue weighted by Gasteiger charge is -2.38. The van der Waals surface area contributed by atoms with E-state index in [0.29, 0.717) is 27.8 Å². The SMILES string of the molecule is O=[N+]([O-])c1cc([C@@H]2Oc3ccc(Cl)cc3[C@@H]3CC(c4ccc(Cl)cc4)=NN32)ccc1Cl. The van der Waals surface area contributed by atoms with Crippen LogP contribution >= 0.6 is 34.8 Å². The summed E-state index contributed by atoms with van der Waals surface area (Å²) in [6.07, 6.45) is -0.0238. The molecule has 3 aromatic rings. The molecule has 2 heterocycles. The summed E-state index contributed by atoms with van der Waals surface area (Å²) >= 11 is 18.3. The summed E-state index contributed by atoms with van der Waals surface area (Å²) in [4.78, 5) is 10.9. The summed E-state index contributed by atoms with van der Waals surface area (Å²) in [5.41, 5.74) is 3.14. The van der Waals surface area contributed by atoms with Crippen molar-refractivity contribution in [1.82, 2.24) is 5.01 Å². The Kier molecular flexibility index (Phi) is 5.01. The predicted molar refractivity (Wildman–Crippen MR) is 120 cm³/mol. The van der Waals surface area contributed by atoms with Crippen LogP contribution in [0.5, 0.6) is 5.75 Å². The van der Waals surface area contributed by atoms with Gasteiger partial charge in [0.1, 0.15) is 10.8 Å². The average molecular weight is 475 g/mol. The monoisotopic (exact) mass is 473 g/mol. The molecule has 0 spiro atoms. The molecule has 0 fully saturated rings. The zero-order chi connectivity index (χ0) is 21.7. The number of nitrogens with zero attached hydrogens (tertiary/aromatic N) is 3. The largest absolute Gasteiger partial charge is 0.464 e. The maximum atomic E-state index is 11.4. The third-order valence-electron chi connectivity index (χ3n) is 5.38. The number of ether oxygens (including phenoxy) is 1. The van der Waals surface area contributed by atoms with Gasteiger partial charge in [-0.25, -0.2) is 5.01 Å². The lowest BCUT2D eigenvalue weighted by Crippen LogP contribution is -2.33. The number of benzene rings is 3. The number of hydrazone groups is 1. The molecule has 0 radical (unpaired) electrons. The molecular weight excluding hydrogens is 461 g/mol. The fourth-order valence-electron chi connectivity index (χ4n) is 3.92. The van der Waals surface area contributed by atoms with E-state index in [-0.39, 0.29) is 16.8 Å². The molecule has 5 rings (SSSR count). The normalized spacial score (nSPS) is 19.3. The number of nitro groups is 1. The number of nitro benzene ring substituents is 1. The van der Waals surface area contributed by atoms with Gasteiger partial charge >= 0.3 is 0 Å². The van der Waals surface area contributed by atoms with Crippen molar-refractivity contribution in [2.45, 2.75) is 18.7 Å². The zero-order valence-electron chi connectivity index (χ0n) is 15.8. The van der Waals surface area contributed by atoms with Gasteiger partial charge in [-0.1, -0.05) is 53.0 Å². The van der Waals surface area contributed by atoms with Crippen molar-refractivity contribution in [3.05, 3.63) is 103 Å². The minimum absolute atomic E-state index is 0.0695. The molecule has 0 aromatic heterocycles. The molecule has 156 valence electrons. The van der Waals surface area contributed by atoms with Gasteiger partial charge in [0.05, 0.1) is 16.7 Å². The first-order valence-electron chi connectivity index (χ1n) is 9.42. The fraction of sp³-hybridized carbons (Fsp3) is 0.136. The van der Waals surface area contributed by atoms with E-state index < -0.39 is 11.2 Å². The minimum atomic E-state index is -0.653. The standard InChI is InChI=1S/C22H14Cl3N3O3/c23-14-4-1-12(2-5-14)18-11-19-16-10-15(24)6-8-21(16)31-22(27(19)26-18)13-3-7-17(25)20(9-13)28(29)30/h1-10,19,22H,11H2/t19-,22-/m0/s1. The highest BCUT2D eigenvalue weighted by Gasteiger charge is 2.41. The van der Waals surface area contributed by atoms with Gasteiger partial charge in [-0.05, 0) is 42.0 Å². The molecule has 0 N–H and O–H groups in total. The smallest absolute Gasteiger partial charge is 0.288 e. The third-order valence-corrected chi connectivity index (χ3v) is 6.19. The molecule has 2 aliphatic heterocycles. The Hall–Kier alpha value is -2.80. The molecule has 0 amide bonds. The fourth-order valence-corrected chi connectivity index (χ4v) is 4.41. The summed E-state index contributed by atoms with van der Waals surface area (Å²) in [6.45, 7) is 0. The maximum Gasteiger partial charge on any atom is 0.288 e. The van der Waals surface area contributed by atoms with Gasteiger partial charge in [-0.15, -0.1) is 0 Å². The van der Waals surface area contributed by atoms with E-state index in [0.717, 1.165) is 16.8 Å². The van der Waals surface area contributed by atoms with Crippen LogP contribution in [0.1, 0.15) is 35.4 Å². The van der Waals surface area contributed by atoms with Crippen LogP contribution in [0, 0.1) is 10.1 Å². The first kappa shape index (κ1) is 20.1. The van der Waals surface area contributed by atoms with Crippen molar-refractivity contribution in [1.29, 1.82) is 0 Å². The van der Waals surface area contributed by atoms with E-state index in [1.54, 1.807) is 12.1 Å². The predicted octanol–water partition coefficient (Wildman–Crippen LogP) is 6.80. The highest BCUT2D eigenvalue weighted by atomic mass is 35.5. The van der Waals surface area contributed by atoms with Gasteiger partial charge in [0.2, 0.25) is 6.23 Å². The second-order valence-electron chi connectivity index (χ2n) is 7.27. The van der Waals surface area contributed by atoms with Crippen LogP contribution in [0.4, 0.5) is 5.69 Å². The number of fused-ring (bicyclic) bond motifs is 3. The summed E-state index contributed by atoms with van der Waals surface area (Å²) in [5, 5.41) is 19.4. The van der Waals surface area contributed by atoms with Crippen molar-refractivity contribution in [3.63, 3.8) is 0 Å². The maximum absolute atomic E-state index is 11.4. The van der Waals surface area contributed by atoms with Crippen LogP contribution in [0.25, 0.3) is 0 Å². The molecule has 0 aliphatic carbocycles. The summed E-state index contributed by atoms with van der Waals surface area (Å²) in [5.74, 6) is 0.667. The van der Waals surface area contributed by atoms with Crippen LogP contribution in [0.15, 0.2) is 65.8 Å². The van der Waals surface area contributed by atoms with E-state index in [1.165, 1.54) is 12.1 Å². The molecule has 6 nitrogen and oxygen atoms in total. The minimum Gasteiger partial charge on any atom is -0.464 e. The second-order valence-corrected chi connectivity index (χ2v) is 8.55. The van der Waals surface area contributed by atoms with E-state index in [1.807, 2.05) is 41.4 Å². The van der Waals surface area contributed by atoms with Crippen molar-refractivity contribution >= 4 is 46.2 Å². The lowest BCUT2D eigenvalue weighted by molar-refractivity contribution is -0.384. The first-order chi connectivity index (χ1) is 14.9. The second kappa shape index (κ2) is 7.71. The van der Waals surface area contributed by atoms with Crippen LogP contribution in [-0.4, -0.2) is 15.6 Å². The van der Waals surface area contributed by atoms with E-state index in [2.05, 4.69) is 0 Å². The highest BCUT2D eigenvalue weighted by Crippen LogP contribution is 2.48. The molecule has 0 saturated carbocycles. The van der Waals surface area contributed by atoms with Gasteiger partial charge in [0.15, 0.2) is 0 Å². The molecule has 0 unspecified atom stereocenters. The highest BCUT2D eigenvalue weighted by molar-refractivity contribution is 6.32. The Balaban J connectivity index is 1.61. The molecule has 0 saturated heterocycles. The Labute approximate surface area is 192 Å². The van der Waals surface area contributed by atoms with Crippen LogP contribution in [-0.2, 0) is 0 Å². The van der Waals surface area contributed by atoms with Crippen LogP contribution in [0.2, 0.25) is 15.1 Å². The summed E-state index contributed by atoms with van der Waals surface area (Å²) < 4.78 is 6.24. The molecule has 2 aliphatic rings. The molecular formula is C22H14Cl3N3O3. The van der Waals surface area contributed by atoms with Crippen molar-refractivity contribution in [3.8, 4) is 5.75 Å². The molecule has 0 bridgehead atoms. The first-order valence-corrected chi connectivity index (χ1v) is 10.6. The number of hydrogen-bond donors (Lipinski definition) is 0. The van der Waals surface area contributed by atoms with Crippen LogP contribution in [0.3, 0.4) is 0 Å². The molecule has 31 heavy (non-hydrogen) atoms. The van der Waals surface area contributed by atoms with Crippen molar-refractivity contribution in [2.75, 3.05) is 0 Å². The zero-order valence-corrected chi connectivity index (χ0v) is 18.1. The van der Waals surface area contributed by atoms with Crippen molar-refractivity contribution < 1.29 is 9.66 Å². The summed E-state index contributed by atoms with van der Waals surface area (Å²) in [7, 11) is 0. The Bertz CT molecular complexity index is 1230. The molecule has 2 atom stereocenters. The number of hydrogen-bond acceptors (Lipinski definition) is 5. The Morgan fingerprint density at radius 1 is 1.00 bits per heavy atom. The number of rotatable bonds is 3. The molecule has 9 heteroatoms. The Morgan fingerprint density at radius 2 is 1.74 bits per heavy atom. The summed E-state index contributed by atoms with van der Waals surface area (Å²) in [6, 6.07) is 17.4. The van der Waals surface area contributed by atoms with Gasteiger partial charge in [-0.2, -0.15) is 5.10 Å². The number of halogens is 3. The van der Waals surface area contributed by atoms with E-state index >= 15 is 0 Å². The third kappa shape index (κ3) is 3.61. The van der Waals surface area contributed by atoms with Gasteiger partial charge < -0.3 is 4.74 Å². The van der Waals surface area contributed by atoms with Gasteiger partial charge in [-0.3, -0.25) is 10.1 Å². The van der Waals surface area contributed by atoms with Crippen molar-refractivity contribution in [2.24, 2.45) is 5.10 Å². The average Bonchev–Trinajstić information content (AvgIpc) is 3.20.